The molecule has 0 aliphatic carbocycles. The zero-order valence-electron chi connectivity index (χ0n) is 15.7. The number of esters is 1. The van der Waals surface area contributed by atoms with Crippen LogP contribution in [0.5, 0.6) is 5.75 Å². The van der Waals surface area contributed by atoms with Crippen molar-refractivity contribution in [3.05, 3.63) is 41.1 Å². The average molecular weight is 359 g/mol. The molecular weight excluding hydrogens is 334 g/mol. The lowest BCUT2D eigenvalue weighted by Crippen LogP contribution is -2.18. The van der Waals surface area contributed by atoms with E-state index in [9.17, 15) is 9.59 Å². The summed E-state index contributed by atoms with van der Waals surface area (Å²) in [6.07, 6.45) is 0.837. The topological polar surface area (TPSA) is 82.5 Å². The van der Waals surface area contributed by atoms with Crippen LogP contribution in [0.3, 0.4) is 0 Å². The van der Waals surface area contributed by atoms with Crippen LogP contribution >= 0.6 is 0 Å². The molecule has 2 aromatic rings. The van der Waals surface area contributed by atoms with Crippen LogP contribution in [-0.2, 0) is 16.6 Å². The van der Waals surface area contributed by atoms with E-state index in [0.717, 1.165) is 11.3 Å². The van der Waals surface area contributed by atoms with Gasteiger partial charge in [0.05, 0.1) is 18.9 Å². The molecule has 0 unspecified atom stereocenters. The Labute approximate surface area is 153 Å². The molecule has 7 heteroatoms. The number of carbonyl (C=O) groups excluding carboxylic acids is 2. The Morgan fingerprint density at radius 2 is 1.96 bits per heavy atom. The molecule has 0 radical (unpaired) electrons. The van der Waals surface area contributed by atoms with E-state index in [4.69, 9.17) is 9.47 Å². The summed E-state index contributed by atoms with van der Waals surface area (Å²) in [5.74, 6) is 0.480. The van der Waals surface area contributed by atoms with Gasteiger partial charge >= 0.3 is 5.97 Å². The first-order valence-corrected chi connectivity index (χ1v) is 8.63. The van der Waals surface area contributed by atoms with Gasteiger partial charge in [0.1, 0.15) is 17.1 Å². The minimum atomic E-state index is -0.490. The number of para-hydroxylation sites is 1. The van der Waals surface area contributed by atoms with Gasteiger partial charge in [-0.15, -0.1) is 0 Å². The number of nitrogens with one attached hydrogen (secondary N) is 1. The van der Waals surface area contributed by atoms with Gasteiger partial charge in [-0.3, -0.25) is 9.48 Å². The van der Waals surface area contributed by atoms with Crippen LogP contribution < -0.4 is 10.1 Å². The molecule has 26 heavy (non-hydrogen) atoms. The van der Waals surface area contributed by atoms with Gasteiger partial charge in [-0.2, -0.15) is 5.10 Å². The highest BCUT2D eigenvalue weighted by atomic mass is 16.5. The summed E-state index contributed by atoms with van der Waals surface area (Å²) in [5, 5.41) is 6.94. The van der Waals surface area contributed by atoms with Gasteiger partial charge in [-0.25, -0.2) is 4.79 Å². The highest BCUT2D eigenvalue weighted by Gasteiger charge is 2.22. The monoisotopic (exact) mass is 359 g/mol. The highest BCUT2D eigenvalue weighted by molar-refractivity contribution is 6.01. The first-order chi connectivity index (χ1) is 12.4. The predicted molar refractivity (Wildman–Crippen MR) is 98.4 cm³/mol. The number of nitrogens with zero attached hydrogens (tertiary/aromatic N) is 2. The summed E-state index contributed by atoms with van der Waals surface area (Å²) in [4.78, 5) is 24.3. The van der Waals surface area contributed by atoms with Crippen molar-refractivity contribution in [2.24, 2.45) is 7.05 Å². The van der Waals surface area contributed by atoms with E-state index in [1.807, 2.05) is 31.2 Å². The molecule has 0 aliphatic heterocycles. The van der Waals surface area contributed by atoms with Gasteiger partial charge in [-0.05, 0) is 38.8 Å². The fraction of sp³-hybridized carbons (Fsp3) is 0.421. The number of rotatable bonds is 8. The van der Waals surface area contributed by atoms with Gasteiger partial charge < -0.3 is 14.8 Å². The lowest BCUT2D eigenvalue weighted by Gasteiger charge is -2.10. The maximum Gasteiger partial charge on any atom is 0.343 e. The molecule has 140 valence electrons. The van der Waals surface area contributed by atoms with Crippen LogP contribution in [0.25, 0.3) is 0 Å². The molecule has 0 saturated carbocycles. The SMILES string of the molecule is CCOC(=O)c1c(C)nn(C)c1NC(=O)CCCOc1ccccc1C. The van der Waals surface area contributed by atoms with Crippen molar-refractivity contribution in [1.82, 2.24) is 9.78 Å². The molecule has 1 amide bonds. The van der Waals surface area contributed by atoms with Crippen molar-refractivity contribution in [3.63, 3.8) is 0 Å². The summed E-state index contributed by atoms with van der Waals surface area (Å²) in [6.45, 7) is 6.11. The van der Waals surface area contributed by atoms with Gasteiger partial charge in [0.25, 0.3) is 0 Å². The Hall–Kier alpha value is -2.83. The Balaban J connectivity index is 1.90. The summed E-state index contributed by atoms with van der Waals surface area (Å²) >= 11 is 0. The largest absolute Gasteiger partial charge is 0.493 e. The van der Waals surface area contributed by atoms with Crippen molar-refractivity contribution < 1.29 is 19.1 Å². The van der Waals surface area contributed by atoms with Crippen LogP contribution in [0, 0.1) is 13.8 Å². The summed E-state index contributed by atoms with van der Waals surface area (Å²) < 4.78 is 12.2. The van der Waals surface area contributed by atoms with Crippen molar-refractivity contribution in [1.29, 1.82) is 0 Å². The second-order valence-corrected chi connectivity index (χ2v) is 5.92. The number of carbonyl (C=O) groups is 2. The fourth-order valence-electron chi connectivity index (χ4n) is 2.58. The van der Waals surface area contributed by atoms with E-state index >= 15 is 0 Å². The van der Waals surface area contributed by atoms with Crippen LogP contribution in [0.2, 0.25) is 0 Å². The van der Waals surface area contributed by atoms with E-state index in [0.29, 0.717) is 30.1 Å². The summed E-state index contributed by atoms with van der Waals surface area (Å²) in [7, 11) is 1.67. The minimum Gasteiger partial charge on any atom is -0.493 e. The molecule has 1 aromatic heterocycles. The maximum atomic E-state index is 12.2. The number of hydrogen-bond acceptors (Lipinski definition) is 5. The molecule has 1 N–H and O–H groups in total. The first kappa shape index (κ1) is 19.5. The maximum absolute atomic E-state index is 12.2. The van der Waals surface area contributed by atoms with Crippen molar-refractivity contribution in [2.45, 2.75) is 33.6 Å². The van der Waals surface area contributed by atoms with Crippen LogP contribution in [0.4, 0.5) is 5.82 Å². The van der Waals surface area contributed by atoms with Crippen molar-refractivity contribution in [3.8, 4) is 5.75 Å². The molecule has 7 nitrogen and oxygen atoms in total. The number of aryl methyl sites for hydroxylation is 3. The molecule has 1 heterocycles. The number of anilines is 1. The van der Waals surface area contributed by atoms with E-state index in [1.54, 1.807) is 20.9 Å². The third-order valence-electron chi connectivity index (χ3n) is 3.86. The number of hydrogen-bond donors (Lipinski definition) is 1. The van der Waals surface area contributed by atoms with Crippen LogP contribution in [0.1, 0.15) is 41.4 Å². The van der Waals surface area contributed by atoms with Crippen LogP contribution in [-0.4, -0.2) is 34.9 Å². The number of aromatic nitrogens is 2. The number of ether oxygens (including phenoxy) is 2. The standard InChI is InChI=1S/C19H25N3O4/c1-5-25-19(24)17-14(3)21-22(4)18(17)20-16(23)11-8-12-26-15-10-7-6-9-13(15)2/h6-7,9-10H,5,8,11-12H2,1-4H3,(H,20,23). The minimum absolute atomic E-state index is 0.202. The van der Waals surface area contributed by atoms with E-state index in [2.05, 4.69) is 10.4 Å². The van der Waals surface area contributed by atoms with Gasteiger partial charge in [-0.1, -0.05) is 18.2 Å². The zero-order chi connectivity index (χ0) is 19.1. The molecule has 0 saturated heterocycles. The molecule has 0 aliphatic rings. The lowest BCUT2D eigenvalue weighted by molar-refractivity contribution is -0.116. The Kier molecular flexibility index (Phi) is 6.77. The smallest absolute Gasteiger partial charge is 0.343 e. The molecule has 0 spiro atoms. The molecule has 0 fully saturated rings. The predicted octanol–water partition coefficient (Wildman–Crippen LogP) is 3.01. The lowest BCUT2D eigenvalue weighted by atomic mass is 10.2. The number of benzene rings is 1. The van der Waals surface area contributed by atoms with Crippen LogP contribution in [0.15, 0.2) is 24.3 Å². The summed E-state index contributed by atoms with van der Waals surface area (Å²) in [6, 6.07) is 7.74. The Bertz CT molecular complexity index is 783. The zero-order valence-corrected chi connectivity index (χ0v) is 15.7. The Morgan fingerprint density at radius 3 is 2.65 bits per heavy atom. The van der Waals surface area contributed by atoms with Crippen molar-refractivity contribution in [2.75, 3.05) is 18.5 Å². The van der Waals surface area contributed by atoms with E-state index in [1.165, 1.54) is 4.68 Å². The van der Waals surface area contributed by atoms with E-state index < -0.39 is 5.97 Å². The normalized spacial score (nSPS) is 10.5. The van der Waals surface area contributed by atoms with E-state index in [-0.39, 0.29) is 18.9 Å². The average Bonchev–Trinajstić information content (AvgIpc) is 2.87. The van der Waals surface area contributed by atoms with Crippen molar-refractivity contribution >= 4 is 17.7 Å². The molecule has 2 rings (SSSR count). The summed E-state index contributed by atoms with van der Waals surface area (Å²) in [5.41, 5.74) is 1.87. The van der Waals surface area contributed by atoms with Gasteiger partial charge in [0.15, 0.2) is 0 Å². The fourth-order valence-corrected chi connectivity index (χ4v) is 2.58. The second-order valence-electron chi connectivity index (χ2n) is 5.92. The molecular formula is C19H25N3O4. The molecule has 0 atom stereocenters. The first-order valence-electron chi connectivity index (χ1n) is 8.63. The van der Waals surface area contributed by atoms with Gasteiger partial charge in [0, 0.05) is 13.5 Å². The quantitative estimate of drug-likeness (QED) is 0.579. The number of amides is 1. The highest BCUT2D eigenvalue weighted by Crippen LogP contribution is 2.20. The third-order valence-corrected chi connectivity index (χ3v) is 3.86. The Morgan fingerprint density at radius 1 is 1.23 bits per heavy atom. The molecule has 0 bridgehead atoms. The molecule has 1 aromatic carbocycles. The second kappa shape index (κ2) is 9.03. The van der Waals surface area contributed by atoms with Gasteiger partial charge in [0.2, 0.25) is 5.91 Å². The third kappa shape index (κ3) is 4.84.